The molecule has 1 atom stereocenters. The molecule has 0 aliphatic rings. The highest BCUT2D eigenvalue weighted by molar-refractivity contribution is 5.78. The minimum Gasteiger partial charge on any atom is -0.497 e. The highest BCUT2D eigenvalue weighted by atomic mass is 16.5. The van der Waals surface area contributed by atoms with Crippen molar-refractivity contribution in [3.8, 4) is 5.75 Å². The van der Waals surface area contributed by atoms with Crippen molar-refractivity contribution in [3.63, 3.8) is 0 Å². The number of hydrogen-bond donors (Lipinski definition) is 2. The minimum atomic E-state index is -0.00846. The highest BCUT2D eigenvalue weighted by Crippen LogP contribution is 2.11. The molecule has 1 rings (SSSR count). The minimum absolute atomic E-state index is 0.00846. The van der Waals surface area contributed by atoms with Gasteiger partial charge in [-0.15, -0.1) is 0 Å². The fourth-order valence-electron chi connectivity index (χ4n) is 1.68. The molecule has 3 N–H and O–H groups in total. The lowest BCUT2D eigenvalue weighted by atomic mass is 10.1. The van der Waals surface area contributed by atoms with Crippen LogP contribution in [0.5, 0.6) is 5.75 Å². The molecule has 1 unspecified atom stereocenters. The molecule has 0 saturated heterocycles. The fraction of sp³-hybridized carbons (Fsp3) is 0.500. The Hall–Kier alpha value is -1.55. The van der Waals surface area contributed by atoms with E-state index in [4.69, 9.17) is 10.5 Å². The van der Waals surface area contributed by atoms with Crippen LogP contribution < -0.4 is 15.8 Å². The van der Waals surface area contributed by atoms with Gasteiger partial charge in [0.05, 0.1) is 7.11 Å². The van der Waals surface area contributed by atoms with Gasteiger partial charge in [0.25, 0.3) is 0 Å². The lowest BCUT2D eigenvalue weighted by Gasteiger charge is -2.11. The number of ether oxygens (including phenoxy) is 1. The number of methoxy groups -OCH3 is 1. The average Bonchev–Trinajstić information content (AvgIpc) is 2.39. The quantitative estimate of drug-likeness (QED) is 0.767. The van der Waals surface area contributed by atoms with E-state index in [2.05, 4.69) is 5.32 Å². The summed E-state index contributed by atoms with van der Waals surface area (Å²) in [7, 11) is 1.65. The fourth-order valence-corrected chi connectivity index (χ4v) is 1.68. The Morgan fingerprint density at radius 2 is 2.06 bits per heavy atom. The van der Waals surface area contributed by atoms with Crippen LogP contribution in [0.2, 0.25) is 0 Å². The third kappa shape index (κ3) is 4.75. The molecule has 18 heavy (non-hydrogen) atoms. The second-order valence-electron chi connectivity index (χ2n) is 4.37. The normalized spacial score (nSPS) is 11.9. The molecule has 100 valence electrons. The average molecular weight is 250 g/mol. The van der Waals surface area contributed by atoms with Gasteiger partial charge in [0, 0.05) is 12.5 Å². The Morgan fingerprint density at radius 1 is 1.39 bits per heavy atom. The molecular weight excluding hydrogens is 228 g/mol. The first-order valence-electron chi connectivity index (χ1n) is 6.28. The molecule has 0 heterocycles. The summed E-state index contributed by atoms with van der Waals surface area (Å²) in [6.07, 6.45) is 1.56. The number of amides is 1. The lowest BCUT2D eigenvalue weighted by molar-refractivity contribution is -0.124. The van der Waals surface area contributed by atoms with E-state index in [1.165, 1.54) is 5.56 Å². The zero-order valence-electron chi connectivity index (χ0n) is 11.1. The van der Waals surface area contributed by atoms with Crippen LogP contribution in [0.1, 0.15) is 18.9 Å². The number of hydrogen-bond acceptors (Lipinski definition) is 3. The smallest absolute Gasteiger partial charge is 0.222 e. The van der Waals surface area contributed by atoms with E-state index in [9.17, 15) is 4.79 Å². The highest BCUT2D eigenvalue weighted by Gasteiger charge is 2.10. The van der Waals surface area contributed by atoms with Crippen LogP contribution in [0.3, 0.4) is 0 Å². The maximum Gasteiger partial charge on any atom is 0.222 e. The van der Waals surface area contributed by atoms with Crippen LogP contribution in [-0.4, -0.2) is 26.1 Å². The number of benzene rings is 1. The van der Waals surface area contributed by atoms with Crippen molar-refractivity contribution in [2.45, 2.75) is 19.8 Å². The Bertz CT molecular complexity index is 363. The van der Waals surface area contributed by atoms with Crippen LogP contribution in [0.4, 0.5) is 0 Å². The summed E-state index contributed by atoms with van der Waals surface area (Å²) in [5.74, 6) is 0.916. The molecule has 4 heteroatoms. The van der Waals surface area contributed by atoms with Crippen LogP contribution in [-0.2, 0) is 11.2 Å². The maximum atomic E-state index is 11.6. The van der Waals surface area contributed by atoms with Crippen LogP contribution in [0.25, 0.3) is 0 Å². The summed E-state index contributed by atoms with van der Waals surface area (Å²) in [4.78, 5) is 11.6. The van der Waals surface area contributed by atoms with Crippen molar-refractivity contribution in [2.24, 2.45) is 11.7 Å². The molecule has 1 aromatic carbocycles. The van der Waals surface area contributed by atoms with Gasteiger partial charge in [0.15, 0.2) is 0 Å². The van der Waals surface area contributed by atoms with E-state index in [0.29, 0.717) is 13.1 Å². The van der Waals surface area contributed by atoms with Gasteiger partial charge in [-0.1, -0.05) is 19.1 Å². The summed E-state index contributed by atoms with van der Waals surface area (Å²) < 4.78 is 5.09. The molecule has 1 aromatic rings. The van der Waals surface area contributed by atoms with Gasteiger partial charge in [-0.25, -0.2) is 0 Å². The van der Waals surface area contributed by atoms with Crippen LogP contribution in [0, 0.1) is 5.92 Å². The van der Waals surface area contributed by atoms with E-state index < -0.39 is 0 Å². The molecule has 0 spiro atoms. The van der Waals surface area contributed by atoms with E-state index in [-0.39, 0.29) is 11.8 Å². The van der Waals surface area contributed by atoms with Crippen molar-refractivity contribution in [2.75, 3.05) is 20.2 Å². The first-order chi connectivity index (χ1) is 8.67. The molecule has 4 nitrogen and oxygen atoms in total. The van der Waals surface area contributed by atoms with E-state index in [1.807, 2.05) is 31.2 Å². The van der Waals surface area contributed by atoms with Gasteiger partial charge in [0.2, 0.25) is 5.91 Å². The predicted molar refractivity (Wildman–Crippen MR) is 72.5 cm³/mol. The summed E-state index contributed by atoms with van der Waals surface area (Å²) in [5.41, 5.74) is 6.61. The summed E-state index contributed by atoms with van der Waals surface area (Å²) >= 11 is 0. The lowest BCUT2D eigenvalue weighted by Crippen LogP contribution is -2.31. The SMILES string of the molecule is COc1ccc(CCNC(=O)C(C)CCN)cc1. The Kier molecular flexibility index (Phi) is 6.22. The Balaban J connectivity index is 2.30. The first kappa shape index (κ1) is 14.5. The largest absolute Gasteiger partial charge is 0.497 e. The van der Waals surface area contributed by atoms with Crippen molar-refractivity contribution < 1.29 is 9.53 Å². The molecule has 0 bridgehead atoms. The van der Waals surface area contributed by atoms with Gasteiger partial charge in [0.1, 0.15) is 5.75 Å². The van der Waals surface area contributed by atoms with Gasteiger partial charge in [-0.2, -0.15) is 0 Å². The second kappa shape index (κ2) is 7.71. The standard InChI is InChI=1S/C14H22N2O2/c1-11(7-9-15)14(17)16-10-8-12-3-5-13(18-2)6-4-12/h3-6,11H,7-10,15H2,1-2H3,(H,16,17). The summed E-state index contributed by atoms with van der Waals surface area (Å²) in [6, 6.07) is 7.87. The Morgan fingerprint density at radius 3 is 2.61 bits per heavy atom. The number of carbonyl (C=O) groups excluding carboxylic acids is 1. The first-order valence-corrected chi connectivity index (χ1v) is 6.28. The van der Waals surface area contributed by atoms with Gasteiger partial charge in [-0.3, -0.25) is 4.79 Å². The third-order valence-electron chi connectivity index (χ3n) is 2.92. The number of nitrogens with two attached hydrogens (primary N) is 1. The maximum absolute atomic E-state index is 11.6. The van der Waals surface area contributed by atoms with E-state index in [1.54, 1.807) is 7.11 Å². The van der Waals surface area contributed by atoms with Gasteiger partial charge in [-0.05, 0) is 37.1 Å². The molecule has 0 fully saturated rings. The third-order valence-corrected chi connectivity index (χ3v) is 2.92. The van der Waals surface area contributed by atoms with E-state index >= 15 is 0 Å². The zero-order chi connectivity index (χ0) is 13.4. The van der Waals surface area contributed by atoms with Gasteiger partial charge < -0.3 is 15.8 Å². The molecule has 0 aliphatic heterocycles. The number of carbonyl (C=O) groups is 1. The van der Waals surface area contributed by atoms with Crippen molar-refractivity contribution >= 4 is 5.91 Å². The molecule has 0 saturated carbocycles. The molecule has 0 radical (unpaired) electrons. The van der Waals surface area contributed by atoms with Crippen molar-refractivity contribution in [1.29, 1.82) is 0 Å². The topological polar surface area (TPSA) is 64.3 Å². The molecular formula is C14H22N2O2. The molecule has 0 aliphatic carbocycles. The van der Waals surface area contributed by atoms with Gasteiger partial charge >= 0.3 is 0 Å². The van der Waals surface area contributed by atoms with Crippen molar-refractivity contribution in [1.82, 2.24) is 5.32 Å². The summed E-state index contributed by atoms with van der Waals surface area (Å²) in [5, 5.41) is 2.92. The Labute approximate surface area is 109 Å². The number of nitrogens with one attached hydrogen (secondary N) is 1. The predicted octanol–water partition coefficient (Wildman–Crippen LogP) is 1.34. The van der Waals surface area contributed by atoms with E-state index in [0.717, 1.165) is 18.6 Å². The monoisotopic (exact) mass is 250 g/mol. The molecule has 0 aromatic heterocycles. The second-order valence-corrected chi connectivity index (χ2v) is 4.37. The van der Waals surface area contributed by atoms with Crippen molar-refractivity contribution in [3.05, 3.63) is 29.8 Å². The number of rotatable bonds is 7. The summed E-state index contributed by atoms with van der Waals surface area (Å²) in [6.45, 7) is 3.10. The van der Waals surface area contributed by atoms with Crippen LogP contribution in [0.15, 0.2) is 24.3 Å². The van der Waals surface area contributed by atoms with Crippen LogP contribution >= 0.6 is 0 Å². The molecule has 1 amide bonds. The zero-order valence-corrected chi connectivity index (χ0v) is 11.1.